The third kappa shape index (κ3) is 3.12. The van der Waals surface area contributed by atoms with Gasteiger partial charge >= 0.3 is 0 Å². The number of H-pyrrole nitrogens is 1. The van der Waals surface area contributed by atoms with Gasteiger partial charge in [-0.2, -0.15) is 0 Å². The fourth-order valence-corrected chi connectivity index (χ4v) is 2.91. The van der Waals surface area contributed by atoms with E-state index < -0.39 is 0 Å². The summed E-state index contributed by atoms with van der Waals surface area (Å²) in [5, 5.41) is 10.5. The quantitative estimate of drug-likeness (QED) is 0.759. The maximum Gasteiger partial charge on any atom is 0.254 e. The minimum Gasteiger partial charge on any atom is -0.396 e. The highest BCUT2D eigenvalue weighted by Crippen LogP contribution is 2.25. The number of aliphatic hydroxyl groups is 1. The van der Waals surface area contributed by atoms with Gasteiger partial charge in [0.25, 0.3) is 5.91 Å². The SMILES string of the molecule is CN(C(=O)c1ccc2cc[nH]c2c1)C(CCO)c1ccccc1. The molecule has 118 valence electrons. The van der Waals surface area contributed by atoms with E-state index in [2.05, 4.69) is 4.98 Å². The molecule has 0 radical (unpaired) electrons. The number of hydrogen-bond donors (Lipinski definition) is 2. The summed E-state index contributed by atoms with van der Waals surface area (Å²) in [5.74, 6) is -0.0520. The van der Waals surface area contributed by atoms with Gasteiger partial charge in [0.2, 0.25) is 0 Å². The molecule has 2 aromatic carbocycles. The van der Waals surface area contributed by atoms with E-state index in [4.69, 9.17) is 0 Å². The first kappa shape index (κ1) is 15.3. The average Bonchev–Trinajstić information content (AvgIpc) is 3.07. The lowest BCUT2D eigenvalue weighted by Crippen LogP contribution is -2.31. The molecule has 1 atom stereocenters. The van der Waals surface area contributed by atoms with Gasteiger partial charge < -0.3 is 15.0 Å². The molecule has 1 aromatic heterocycles. The maximum absolute atomic E-state index is 12.8. The van der Waals surface area contributed by atoms with Crippen molar-refractivity contribution < 1.29 is 9.90 Å². The number of fused-ring (bicyclic) bond motifs is 1. The van der Waals surface area contributed by atoms with Crippen molar-refractivity contribution in [2.45, 2.75) is 12.5 Å². The van der Waals surface area contributed by atoms with Crippen LogP contribution in [0.15, 0.2) is 60.8 Å². The number of benzene rings is 2. The van der Waals surface area contributed by atoms with Gasteiger partial charge in [0, 0.05) is 30.9 Å². The first-order chi connectivity index (χ1) is 11.2. The van der Waals surface area contributed by atoms with Crippen LogP contribution in [0, 0.1) is 0 Å². The Labute approximate surface area is 135 Å². The minimum atomic E-state index is -0.145. The zero-order valence-electron chi connectivity index (χ0n) is 13.1. The number of aromatic nitrogens is 1. The lowest BCUT2D eigenvalue weighted by Gasteiger charge is -2.28. The molecule has 0 saturated carbocycles. The Hall–Kier alpha value is -2.59. The molecule has 4 heteroatoms. The summed E-state index contributed by atoms with van der Waals surface area (Å²) in [6, 6.07) is 17.3. The molecule has 2 N–H and O–H groups in total. The van der Waals surface area contributed by atoms with E-state index >= 15 is 0 Å². The van der Waals surface area contributed by atoms with Crippen LogP contribution in [0.2, 0.25) is 0 Å². The average molecular weight is 308 g/mol. The normalized spacial score (nSPS) is 12.3. The molecule has 0 aliphatic rings. The highest BCUT2D eigenvalue weighted by atomic mass is 16.3. The molecule has 0 aliphatic heterocycles. The fraction of sp³-hybridized carbons (Fsp3) is 0.211. The van der Waals surface area contributed by atoms with Crippen LogP contribution in [0.3, 0.4) is 0 Å². The number of aliphatic hydroxyl groups excluding tert-OH is 1. The number of nitrogens with zero attached hydrogens (tertiary/aromatic N) is 1. The lowest BCUT2D eigenvalue weighted by molar-refractivity contribution is 0.0705. The van der Waals surface area contributed by atoms with Crippen LogP contribution in [0.4, 0.5) is 0 Å². The Morgan fingerprint density at radius 3 is 2.70 bits per heavy atom. The molecule has 4 nitrogen and oxygen atoms in total. The summed E-state index contributed by atoms with van der Waals surface area (Å²) >= 11 is 0. The molecular formula is C19H20N2O2. The van der Waals surface area contributed by atoms with Gasteiger partial charge in [0.15, 0.2) is 0 Å². The number of carbonyl (C=O) groups is 1. The van der Waals surface area contributed by atoms with E-state index in [1.807, 2.05) is 60.8 Å². The number of aromatic amines is 1. The standard InChI is InChI=1S/C19H20N2O2/c1-21(18(10-12-22)15-5-3-2-4-6-15)19(23)16-8-7-14-9-11-20-17(14)13-16/h2-9,11,13,18,20,22H,10,12H2,1H3. The number of carbonyl (C=O) groups excluding carboxylic acids is 1. The molecule has 0 fully saturated rings. The largest absolute Gasteiger partial charge is 0.396 e. The van der Waals surface area contributed by atoms with Gasteiger partial charge in [-0.25, -0.2) is 0 Å². The van der Waals surface area contributed by atoms with Gasteiger partial charge in [-0.15, -0.1) is 0 Å². The van der Waals surface area contributed by atoms with Crippen LogP contribution in [-0.2, 0) is 0 Å². The molecule has 0 aliphatic carbocycles. The van der Waals surface area contributed by atoms with Crippen LogP contribution >= 0.6 is 0 Å². The smallest absolute Gasteiger partial charge is 0.254 e. The molecule has 3 rings (SSSR count). The summed E-state index contributed by atoms with van der Waals surface area (Å²) < 4.78 is 0. The van der Waals surface area contributed by atoms with Crippen molar-refractivity contribution in [2.75, 3.05) is 13.7 Å². The van der Waals surface area contributed by atoms with Crippen LogP contribution in [-0.4, -0.2) is 34.6 Å². The highest BCUT2D eigenvalue weighted by Gasteiger charge is 2.22. The predicted molar refractivity (Wildman–Crippen MR) is 91.3 cm³/mol. The molecule has 3 aromatic rings. The zero-order chi connectivity index (χ0) is 16.2. The van der Waals surface area contributed by atoms with Gasteiger partial charge in [0.1, 0.15) is 0 Å². The van der Waals surface area contributed by atoms with Gasteiger partial charge in [-0.05, 0) is 35.6 Å². The summed E-state index contributed by atoms with van der Waals surface area (Å²) in [7, 11) is 1.79. The molecule has 0 spiro atoms. The first-order valence-corrected chi connectivity index (χ1v) is 7.71. The second-order valence-electron chi connectivity index (χ2n) is 5.63. The molecule has 1 unspecified atom stereocenters. The summed E-state index contributed by atoms with van der Waals surface area (Å²) in [6.45, 7) is 0.0346. The van der Waals surface area contributed by atoms with E-state index in [1.54, 1.807) is 11.9 Å². The molecular weight excluding hydrogens is 288 g/mol. The Morgan fingerprint density at radius 2 is 1.96 bits per heavy atom. The Balaban J connectivity index is 1.89. The van der Waals surface area contributed by atoms with Crippen LogP contribution < -0.4 is 0 Å². The topological polar surface area (TPSA) is 56.3 Å². The minimum absolute atomic E-state index is 0.0346. The van der Waals surface area contributed by atoms with Crippen molar-refractivity contribution in [3.8, 4) is 0 Å². The van der Waals surface area contributed by atoms with Gasteiger partial charge in [-0.3, -0.25) is 4.79 Å². The van der Waals surface area contributed by atoms with Crippen LogP contribution in [0.1, 0.15) is 28.4 Å². The second-order valence-corrected chi connectivity index (χ2v) is 5.63. The second kappa shape index (κ2) is 6.67. The number of amides is 1. The summed E-state index contributed by atoms with van der Waals surface area (Å²) in [5.41, 5.74) is 2.61. The van der Waals surface area contributed by atoms with E-state index in [-0.39, 0.29) is 18.6 Å². The fourth-order valence-electron chi connectivity index (χ4n) is 2.91. The molecule has 1 heterocycles. The zero-order valence-corrected chi connectivity index (χ0v) is 13.1. The predicted octanol–water partition coefficient (Wildman–Crippen LogP) is 3.36. The highest BCUT2D eigenvalue weighted by molar-refractivity contribution is 5.98. The lowest BCUT2D eigenvalue weighted by atomic mass is 10.0. The van der Waals surface area contributed by atoms with Crippen LogP contribution in [0.5, 0.6) is 0 Å². The first-order valence-electron chi connectivity index (χ1n) is 7.71. The summed E-state index contributed by atoms with van der Waals surface area (Å²) in [4.78, 5) is 17.7. The molecule has 0 bridgehead atoms. The van der Waals surface area contributed by atoms with Crippen molar-refractivity contribution >= 4 is 16.8 Å². The molecule has 1 amide bonds. The number of hydrogen-bond acceptors (Lipinski definition) is 2. The van der Waals surface area contributed by atoms with Gasteiger partial charge in [-0.1, -0.05) is 36.4 Å². The van der Waals surface area contributed by atoms with Crippen LogP contribution in [0.25, 0.3) is 10.9 Å². The Kier molecular flexibility index (Phi) is 4.44. The van der Waals surface area contributed by atoms with E-state index in [0.29, 0.717) is 12.0 Å². The summed E-state index contributed by atoms with van der Waals surface area (Å²) in [6.07, 6.45) is 2.37. The monoisotopic (exact) mass is 308 g/mol. The number of rotatable bonds is 5. The Bertz CT molecular complexity index is 795. The van der Waals surface area contributed by atoms with Crippen molar-refractivity contribution in [1.82, 2.24) is 9.88 Å². The van der Waals surface area contributed by atoms with Crippen molar-refractivity contribution in [1.29, 1.82) is 0 Å². The maximum atomic E-state index is 12.8. The third-order valence-corrected chi connectivity index (χ3v) is 4.18. The Morgan fingerprint density at radius 1 is 1.17 bits per heavy atom. The third-order valence-electron chi connectivity index (χ3n) is 4.18. The van der Waals surface area contributed by atoms with Crippen molar-refractivity contribution in [3.63, 3.8) is 0 Å². The van der Waals surface area contributed by atoms with Crippen molar-refractivity contribution in [2.24, 2.45) is 0 Å². The molecule has 0 saturated heterocycles. The van der Waals surface area contributed by atoms with E-state index in [0.717, 1.165) is 16.5 Å². The number of nitrogens with one attached hydrogen (secondary N) is 1. The molecule has 23 heavy (non-hydrogen) atoms. The van der Waals surface area contributed by atoms with Gasteiger partial charge in [0.05, 0.1) is 6.04 Å². The van der Waals surface area contributed by atoms with E-state index in [1.165, 1.54) is 0 Å². The van der Waals surface area contributed by atoms with E-state index in [9.17, 15) is 9.90 Å². The van der Waals surface area contributed by atoms with Crippen molar-refractivity contribution in [3.05, 3.63) is 71.9 Å².